The molecule has 218 valence electrons. The van der Waals surface area contributed by atoms with Crippen LogP contribution in [0.2, 0.25) is 0 Å². The van der Waals surface area contributed by atoms with Gasteiger partial charge < -0.3 is 31.4 Å². The van der Waals surface area contributed by atoms with Gasteiger partial charge in [0.2, 0.25) is 5.95 Å². The van der Waals surface area contributed by atoms with Crippen molar-refractivity contribution in [3.8, 4) is 11.5 Å². The van der Waals surface area contributed by atoms with Crippen LogP contribution in [0, 0.1) is 5.41 Å². The van der Waals surface area contributed by atoms with Crippen molar-refractivity contribution in [2.45, 2.75) is 12.5 Å². The number of methoxy groups -OCH3 is 2. The molecule has 0 amide bonds. The van der Waals surface area contributed by atoms with Crippen LogP contribution in [0.25, 0.3) is 11.1 Å². The number of carbonyl (C=O) groups excluding carboxylic acids is 1. The lowest BCUT2D eigenvalue weighted by molar-refractivity contribution is -0.143. The summed E-state index contributed by atoms with van der Waals surface area (Å²) in [5.41, 5.74) is 12.5. The van der Waals surface area contributed by atoms with E-state index < -0.39 is 23.2 Å². The number of nitrogen functional groups attached to an aromatic ring is 2. The number of anilines is 3. The number of carboxylic acids is 1. The van der Waals surface area contributed by atoms with E-state index in [1.165, 1.54) is 20.4 Å². The Balaban J connectivity index is 1.77. The number of carboxylic acid groups (broad SMARTS) is 1. The van der Waals surface area contributed by atoms with Gasteiger partial charge in [-0.15, -0.1) is 0 Å². The van der Waals surface area contributed by atoms with E-state index in [0.717, 1.165) is 0 Å². The van der Waals surface area contributed by atoms with E-state index >= 15 is 0 Å². The maximum absolute atomic E-state index is 15.0. The summed E-state index contributed by atoms with van der Waals surface area (Å²) in [4.78, 5) is 36.7. The maximum Gasteiger partial charge on any atom is 0.324 e. The molecule has 1 aliphatic rings. The molecule has 0 saturated carbocycles. The number of para-hydroxylation sites is 2. The number of nitrogens with two attached hydrogens (primary N) is 2. The number of benzene rings is 3. The average Bonchev–Trinajstić information content (AvgIpc) is 3.01. The Labute approximate surface area is 248 Å². The number of ether oxygens (including phenoxy) is 2. The number of nitrogens with one attached hydrogen (secondary N) is 1. The Morgan fingerprint density at radius 2 is 1.58 bits per heavy atom. The normalized spacial score (nSPS) is 17.3. The largest absolute Gasteiger partial charge is 0.496 e. The molecule has 2 heterocycles. The third kappa shape index (κ3) is 4.72. The van der Waals surface area contributed by atoms with Crippen LogP contribution in [0.5, 0.6) is 11.5 Å². The van der Waals surface area contributed by atoms with E-state index in [2.05, 4.69) is 28.4 Å². The second-order valence-electron chi connectivity index (χ2n) is 10.1. The van der Waals surface area contributed by atoms with Gasteiger partial charge in [-0.3, -0.25) is 9.59 Å². The van der Waals surface area contributed by atoms with Gasteiger partial charge in [-0.25, -0.2) is 4.98 Å². The Hall–Kier alpha value is -5.64. The van der Waals surface area contributed by atoms with Crippen LogP contribution in [-0.2, 0) is 11.2 Å². The van der Waals surface area contributed by atoms with Crippen LogP contribution < -0.4 is 26.3 Å². The molecule has 2 atom stereocenters. The van der Waals surface area contributed by atoms with Crippen molar-refractivity contribution < 1.29 is 24.2 Å². The summed E-state index contributed by atoms with van der Waals surface area (Å²) in [5, 5.41) is 14.5. The van der Waals surface area contributed by atoms with E-state index in [1.54, 1.807) is 66.7 Å². The minimum Gasteiger partial charge on any atom is -0.496 e. The van der Waals surface area contributed by atoms with Gasteiger partial charge in [-0.2, -0.15) is 4.98 Å². The number of rotatable bonds is 9. The fraction of sp³-hybridized carbons (Fsp3) is 0.152. The van der Waals surface area contributed by atoms with Crippen molar-refractivity contribution >= 4 is 40.4 Å². The van der Waals surface area contributed by atoms with Crippen LogP contribution in [0.4, 0.5) is 17.5 Å². The first-order valence-corrected chi connectivity index (χ1v) is 13.3. The van der Waals surface area contributed by atoms with Crippen molar-refractivity contribution in [3.05, 3.63) is 114 Å². The monoisotopic (exact) mass is 577 g/mol. The van der Waals surface area contributed by atoms with Crippen molar-refractivity contribution in [2.24, 2.45) is 5.41 Å². The molecule has 3 aromatic carbocycles. The number of ketones is 1. The fourth-order valence-electron chi connectivity index (χ4n) is 5.68. The molecule has 10 nitrogen and oxygen atoms in total. The molecular formula is C33H31N5O5. The molecule has 1 aliphatic heterocycles. The van der Waals surface area contributed by atoms with Gasteiger partial charge in [0.1, 0.15) is 17.3 Å². The zero-order valence-corrected chi connectivity index (χ0v) is 23.8. The van der Waals surface area contributed by atoms with Gasteiger partial charge in [0.05, 0.1) is 20.3 Å². The molecule has 43 heavy (non-hydrogen) atoms. The maximum atomic E-state index is 15.0. The van der Waals surface area contributed by atoms with Crippen molar-refractivity contribution in [2.75, 3.05) is 31.0 Å². The zero-order chi connectivity index (χ0) is 30.9. The highest BCUT2D eigenvalue weighted by Crippen LogP contribution is 2.52. The van der Waals surface area contributed by atoms with E-state index in [0.29, 0.717) is 45.0 Å². The Morgan fingerprint density at radius 1 is 0.953 bits per heavy atom. The van der Waals surface area contributed by atoms with Crippen LogP contribution >= 0.6 is 0 Å². The molecule has 1 aromatic heterocycles. The Morgan fingerprint density at radius 3 is 2.21 bits per heavy atom. The average molecular weight is 578 g/mol. The summed E-state index contributed by atoms with van der Waals surface area (Å²) in [7, 11) is 2.98. The highest BCUT2D eigenvalue weighted by Gasteiger charge is 2.60. The van der Waals surface area contributed by atoms with E-state index in [1.807, 2.05) is 0 Å². The smallest absolute Gasteiger partial charge is 0.324 e. The number of carbonyl (C=O) groups is 2. The number of aromatic nitrogens is 2. The number of hydrogen-bond acceptors (Lipinski definition) is 9. The van der Waals surface area contributed by atoms with E-state index in [9.17, 15) is 14.7 Å². The minimum absolute atomic E-state index is 0.0183. The first-order chi connectivity index (χ1) is 20.6. The summed E-state index contributed by atoms with van der Waals surface area (Å²) >= 11 is 0. The number of nitrogens with zero attached hydrogens (tertiary/aromatic N) is 2. The summed E-state index contributed by atoms with van der Waals surface area (Å²) in [5.74, 6) is -1.05. The number of fused-ring (bicyclic) bond motifs is 1. The quantitative estimate of drug-likeness (QED) is 0.205. The lowest BCUT2D eigenvalue weighted by Gasteiger charge is -2.44. The molecule has 10 heteroatoms. The topological polar surface area (TPSA) is 163 Å². The molecule has 0 radical (unpaired) electrons. The summed E-state index contributed by atoms with van der Waals surface area (Å²) in [6, 6.07) is 18.0. The molecule has 0 saturated heterocycles. The lowest BCUT2D eigenvalue weighted by atomic mass is 9.62. The van der Waals surface area contributed by atoms with Gasteiger partial charge >= 0.3 is 5.97 Å². The van der Waals surface area contributed by atoms with Crippen molar-refractivity contribution in [3.63, 3.8) is 0 Å². The van der Waals surface area contributed by atoms with Gasteiger partial charge in [0.15, 0.2) is 11.2 Å². The summed E-state index contributed by atoms with van der Waals surface area (Å²) < 4.78 is 11.1. The van der Waals surface area contributed by atoms with Gasteiger partial charge in [-0.1, -0.05) is 61.7 Å². The molecular weight excluding hydrogens is 546 g/mol. The number of aliphatic carboxylic acids is 1. The van der Waals surface area contributed by atoms with Crippen LogP contribution in [0.1, 0.15) is 32.6 Å². The fourth-order valence-corrected chi connectivity index (χ4v) is 5.68. The molecule has 0 bridgehead atoms. The first kappa shape index (κ1) is 28.9. The lowest BCUT2D eigenvalue weighted by Crippen LogP contribution is -2.56. The SMILES string of the molecule is C=C(c1ccccc1OC)C1Nc2cccc(Cc3cnc(N)nc3N)c2C(=O)C1(C(=C)c1ccccc1OC)C(=O)O. The molecule has 0 fully saturated rings. The molecule has 5 rings (SSSR count). The minimum atomic E-state index is -2.25. The second kappa shape index (κ2) is 11.3. The second-order valence-corrected chi connectivity index (χ2v) is 10.1. The van der Waals surface area contributed by atoms with Crippen LogP contribution in [0.3, 0.4) is 0 Å². The number of hydrogen-bond donors (Lipinski definition) is 4. The molecule has 0 spiro atoms. The van der Waals surface area contributed by atoms with Gasteiger partial charge in [0.25, 0.3) is 0 Å². The predicted molar refractivity (Wildman–Crippen MR) is 166 cm³/mol. The molecule has 4 aromatic rings. The zero-order valence-electron chi connectivity index (χ0n) is 23.8. The highest BCUT2D eigenvalue weighted by atomic mass is 16.5. The summed E-state index contributed by atoms with van der Waals surface area (Å²) in [6.07, 6.45) is 1.64. The van der Waals surface area contributed by atoms with Gasteiger partial charge in [-0.05, 0) is 34.9 Å². The standard InChI is InChI=1S/C33H31N5O5/c1-18(22-11-5-7-14-25(22)42-3)28-33(31(40)41,19(2)23-12-6-8-15-26(23)43-4)29(39)27-20(10-9-13-24(27)37-28)16-21-17-36-32(35)38-30(21)34/h5-15,17,28,37H,1-2,16H2,3-4H3,(H,40,41)(H4,34,35,36,38). The first-order valence-electron chi connectivity index (χ1n) is 13.3. The molecule has 6 N–H and O–H groups in total. The Kier molecular flexibility index (Phi) is 7.60. The summed E-state index contributed by atoms with van der Waals surface area (Å²) in [6.45, 7) is 8.53. The number of Topliss-reactive ketones (excluding diaryl/α,β-unsaturated/α-hetero) is 1. The molecule has 2 unspecified atom stereocenters. The van der Waals surface area contributed by atoms with E-state index in [-0.39, 0.29) is 29.3 Å². The van der Waals surface area contributed by atoms with Crippen molar-refractivity contribution in [1.82, 2.24) is 9.97 Å². The van der Waals surface area contributed by atoms with Crippen LogP contribution in [0.15, 0.2) is 86.1 Å². The Bertz CT molecular complexity index is 1790. The highest BCUT2D eigenvalue weighted by molar-refractivity contribution is 6.26. The van der Waals surface area contributed by atoms with Crippen molar-refractivity contribution in [1.29, 1.82) is 0 Å². The van der Waals surface area contributed by atoms with Gasteiger partial charge in [0, 0.05) is 40.6 Å². The molecule has 0 aliphatic carbocycles. The van der Waals surface area contributed by atoms with E-state index in [4.69, 9.17) is 20.9 Å². The predicted octanol–water partition coefficient (Wildman–Crippen LogP) is 4.72. The van der Waals surface area contributed by atoms with Crippen LogP contribution in [-0.4, -0.2) is 47.1 Å². The third-order valence-electron chi connectivity index (χ3n) is 7.81. The third-order valence-corrected chi connectivity index (χ3v) is 7.81.